The third-order valence-electron chi connectivity index (χ3n) is 4.63. The lowest BCUT2D eigenvalue weighted by Crippen LogP contribution is -2.09. The van der Waals surface area contributed by atoms with Crippen molar-refractivity contribution in [3.8, 4) is 0 Å². The highest BCUT2D eigenvalue weighted by atomic mass is 16.5. The Morgan fingerprint density at radius 2 is 1.46 bits per heavy atom. The molecule has 0 N–H and O–H groups in total. The maximum atomic E-state index is 6.30. The number of hydrogen-bond donors (Lipinski definition) is 0. The number of benzene rings is 2. The first-order chi connectivity index (χ1) is 12.9. The van der Waals surface area contributed by atoms with Crippen LogP contribution in [0.3, 0.4) is 0 Å². The molecular weight excluding hydrogens is 322 g/mol. The molecule has 0 radical (unpaired) electrons. The van der Waals surface area contributed by atoms with Crippen LogP contribution in [0.5, 0.6) is 0 Å². The summed E-state index contributed by atoms with van der Waals surface area (Å²) in [4.78, 5) is 9.56. The summed E-state index contributed by atoms with van der Waals surface area (Å²) in [6.45, 7) is 0. The lowest BCUT2D eigenvalue weighted by molar-refractivity contribution is 0.196. The van der Waals surface area contributed by atoms with E-state index in [0.29, 0.717) is 5.90 Å². The summed E-state index contributed by atoms with van der Waals surface area (Å²) in [5.74, 6) is 0.594. The standard InChI is InChI=1S/C22H17N3O/c1-3-9-16(10-4-1)20-21(17-11-5-2-6-12-17)26-22(24-20)18-15-25-14-8-7-13-19(25)23-18/h1-15,20-21H/t20-,21?/m1/s1. The Hall–Kier alpha value is -3.40. The van der Waals surface area contributed by atoms with Gasteiger partial charge >= 0.3 is 0 Å². The Bertz CT molecular complexity index is 1040. The van der Waals surface area contributed by atoms with Gasteiger partial charge in [0.15, 0.2) is 6.10 Å². The molecule has 0 bridgehead atoms. The molecule has 4 heteroatoms. The molecule has 0 saturated heterocycles. The van der Waals surface area contributed by atoms with E-state index in [0.717, 1.165) is 22.5 Å². The van der Waals surface area contributed by atoms with E-state index in [4.69, 9.17) is 9.73 Å². The number of aromatic nitrogens is 2. The zero-order chi connectivity index (χ0) is 17.3. The minimum Gasteiger partial charge on any atom is -0.465 e. The van der Waals surface area contributed by atoms with Crippen LogP contribution in [0.1, 0.15) is 29.0 Å². The number of rotatable bonds is 3. The van der Waals surface area contributed by atoms with Gasteiger partial charge in [-0.15, -0.1) is 0 Å². The van der Waals surface area contributed by atoms with Crippen molar-refractivity contribution in [2.45, 2.75) is 12.1 Å². The van der Waals surface area contributed by atoms with Crippen LogP contribution >= 0.6 is 0 Å². The Morgan fingerprint density at radius 1 is 0.769 bits per heavy atom. The first-order valence-corrected chi connectivity index (χ1v) is 8.67. The number of nitrogens with zero attached hydrogens (tertiary/aromatic N) is 3. The molecule has 0 amide bonds. The topological polar surface area (TPSA) is 38.9 Å². The molecule has 1 unspecified atom stereocenters. The Morgan fingerprint density at radius 3 is 2.19 bits per heavy atom. The fraction of sp³-hybridized carbons (Fsp3) is 0.0909. The van der Waals surface area contributed by atoms with Crippen LogP contribution in [-0.4, -0.2) is 15.3 Å². The van der Waals surface area contributed by atoms with Crippen LogP contribution in [-0.2, 0) is 4.74 Å². The third-order valence-corrected chi connectivity index (χ3v) is 4.63. The van der Waals surface area contributed by atoms with Crippen molar-refractivity contribution in [1.29, 1.82) is 0 Å². The number of aliphatic imine (C=N–C) groups is 1. The molecule has 0 fully saturated rings. The second-order valence-electron chi connectivity index (χ2n) is 6.33. The predicted molar refractivity (Wildman–Crippen MR) is 101 cm³/mol. The molecule has 0 aliphatic carbocycles. The van der Waals surface area contributed by atoms with Gasteiger partial charge < -0.3 is 9.14 Å². The van der Waals surface area contributed by atoms with Crippen molar-refractivity contribution in [3.63, 3.8) is 0 Å². The number of ether oxygens (including phenoxy) is 1. The van der Waals surface area contributed by atoms with Gasteiger partial charge in [0.1, 0.15) is 17.4 Å². The Kier molecular flexibility index (Phi) is 3.53. The highest BCUT2D eigenvalue weighted by molar-refractivity contribution is 5.94. The summed E-state index contributed by atoms with van der Waals surface area (Å²) in [6, 6.07) is 26.4. The van der Waals surface area contributed by atoms with Crippen molar-refractivity contribution in [1.82, 2.24) is 9.38 Å². The van der Waals surface area contributed by atoms with Gasteiger partial charge in [0.2, 0.25) is 5.90 Å². The molecule has 5 rings (SSSR count). The Balaban J connectivity index is 1.58. The maximum Gasteiger partial charge on any atom is 0.238 e. The molecule has 1 aliphatic rings. The van der Waals surface area contributed by atoms with Crippen LogP contribution in [0, 0.1) is 0 Å². The number of pyridine rings is 1. The SMILES string of the molecule is c1ccc(C2OC(c3cn4ccccc4n3)=N[C@@H]2c2ccccc2)cc1. The average molecular weight is 339 g/mol. The van der Waals surface area contributed by atoms with E-state index in [1.54, 1.807) is 0 Å². The monoisotopic (exact) mass is 339 g/mol. The van der Waals surface area contributed by atoms with Gasteiger partial charge in [0.05, 0.1) is 0 Å². The van der Waals surface area contributed by atoms with Gasteiger partial charge in [-0.25, -0.2) is 9.98 Å². The molecular formula is C22H17N3O. The second-order valence-corrected chi connectivity index (χ2v) is 6.33. The minimum absolute atomic E-state index is 0.0848. The molecule has 1 aliphatic heterocycles. The molecule has 2 aromatic heterocycles. The number of fused-ring (bicyclic) bond motifs is 1. The average Bonchev–Trinajstić information content (AvgIpc) is 3.34. The lowest BCUT2D eigenvalue weighted by atomic mass is 9.97. The summed E-state index contributed by atoms with van der Waals surface area (Å²) in [6.07, 6.45) is 3.78. The van der Waals surface area contributed by atoms with Gasteiger partial charge in [0, 0.05) is 12.4 Å². The van der Waals surface area contributed by atoms with Gasteiger partial charge in [-0.2, -0.15) is 0 Å². The van der Waals surface area contributed by atoms with Crippen LogP contribution in [0.15, 0.2) is 96.2 Å². The van der Waals surface area contributed by atoms with E-state index in [1.807, 2.05) is 71.4 Å². The second kappa shape index (κ2) is 6.15. The molecule has 2 atom stereocenters. The van der Waals surface area contributed by atoms with Crippen LogP contribution in [0.4, 0.5) is 0 Å². The summed E-state index contributed by atoms with van der Waals surface area (Å²) in [5, 5.41) is 0. The van der Waals surface area contributed by atoms with E-state index < -0.39 is 0 Å². The summed E-state index contributed by atoms with van der Waals surface area (Å²) < 4.78 is 8.29. The lowest BCUT2D eigenvalue weighted by Gasteiger charge is -2.18. The van der Waals surface area contributed by atoms with Crippen molar-refractivity contribution >= 4 is 11.5 Å². The van der Waals surface area contributed by atoms with E-state index in [-0.39, 0.29) is 12.1 Å². The number of hydrogen-bond acceptors (Lipinski definition) is 3. The quantitative estimate of drug-likeness (QED) is 0.547. The molecule has 0 saturated carbocycles. The molecule has 0 spiro atoms. The zero-order valence-corrected chi connectivity index (χ0v) is 14.1. The van der Waals surface area contributed by atoms with Crippen LogP contribution in [0.25, 0.3) is 5.65 Å². The minimum atomic E-state index is -0.154. The highest BCUT2D eigenvalue weighted by Crippen LogP contribution is 2.40. The molecule has 4 nitrogen and oxygen atoms in total. The first kappa shape index (κ1) is 14.9. The van der Waals surface area contributed by atoms with Gasteiger partial charge in [-0.05, 0) is 23.3 Å². The van der Waals surface area contributed by atoms with Gasteiger partial charge in [-0.3, -0.25) is 0 Å². The van der Waals surface area contributed by atoms with Gasteiger partial charge in [-0.1, -0.05) is 66.7 Å². The molecule has 2 aromatic carbocycles. The van der Waals surface area contributed by atoms with Crippen LogP contribution < -0.4 is 0 Å². The smallest absolute Gasteiger partial charge is 0.238 e. The predicted octanol–water partition coefficient (Wildman–Crippen LogP) is 4.59. The fourth-order valence-electron chi connectivity index (χ4n) is 3.37. The fourth-order valence-corrected chi connectivity index (χ4v) is 3.37. The molecule has 26 heavy (non-hydrogen) atoms. The number of imidazole rings is 1. The van der Waals surface area contributed by atoms with Crippen LogP contribution in [0.2, 0.25) is 0 Å². The third kappa shape index (κ3) is 2.56. The van der Waals surface area contributed by atoms with Crippen molar-refractivity contribution < 1.29 is 4.74 Å². The first-order valence-electron chi connectivity index (χ1n) is 8.67. The van der Waals surface area contributed by atoms with Crippen molar-refractivity contribution in [3.05, 3.63) is 108 Å². The largest absolute Gasteiger partial charge is 0.465 e. The van der Waals surface area contributed by atoms with E-state index in [9.17, 15) is 0 Å². The normalized spacial score (nSPS) is 19.3. The Labute approximate surface area is 151 Å². The summed E-state index contributed by atoms with van der Waals surface area (Å²) in [5.41, 5.74) is 3.90. The maximum absolute atomic E-state index is 6.30. The molecule has 4 aromatic rings. The van der Waals surface area contributed by atoms with E-state index in [2.05, 4.69) is 29.2 Å². The highest BCUT2D eigenvalue weighted by Gasteiger charge is 2.34. The molecule has 126 valence electrons. The van der Waals surface area contributed by atoms with Crippen molar-refractivity contribution in [2.24, 2.45) is 4.99 Å². The summed E-state index contributed by atoms with van der Waals surface area (Å²) in [7, 11) is 0. The van der Waals surface area contributed by atoms with E-state index in [1.165, 1.54) is 0 Å². The van der Waals surface area contributed by atoms with E-state index >= 15 is 0 Å². The van der Waals surface area contributed by atoms with Gasteiger partial charge in [0.25, 0.3) is 0 Å². The summed E-state index contributed by atoms with van der Waals surface area (Å²) >= 11 is 0. The molecule has 3 heterocycles. The zero-order valence-electron chi connectivity index (χ0n) is 14.1. The van der Waals surface area contributed by atoms with Crippen molar-refractivity contribution in [2.75, 3.05) is 0 Å².